The number of aliphatic hydroxyl groups is 2. The number of ether oxygens (including phenoxy) is 2. The van der Waals surface area contributed by atoms with Gasteiger partial charge in [0.1, 0.15) is 42.4 Å². The van der Waals surface area contributed by atoms with Crippen molar-refractivity contribution in [1.29, 1.82) is 0 Å². The topological polar surface area (TPSA) is 188 Å². The SMILES string of the molecule is C=C1NC(=O)C=CN1[C@@H]1N[C@](F)(COP(=O)(NC(C)C(=O)OCC)NC(C)C(=O)OCC)[C@@H](O)[C@@]1(C)O. The van der Waals surface area contributed by atoms with E-state index in [9.17, 15) is 29.2 Å². The van der Waals surface area contributed by atoms with E-state index in [2.05, 4.69) is 27.4 Å². The standard InChI is InChI=1S/C21H35FN5O9P/c1-7-34-16(29)12(3)25-37(33,26-13(4)17(30)35-8-2)36-11-21(22)18(31)20(6,32)19(24-21)27-10-9-15(28)23-14(27)5/h9-10,12-13,18-19,24,31-32H,5,7-8,11H2,1-4,6H3,(H,23,28)(H2,25,26,33)/t12?,13?,18-,19-,20+,21+,37?/m0/s1. The maximum absolute atomic E-state index is 16.0. The van der Waals surface area contributed by atoms with Crippen molar-refractivity contribution in [3.63, 3.8) is 0 Å². The van der Waals surface area contributed by atoms with Crippen LogP contribution in [0.25, 0.3) is 0 Å². The third kappa shape index (κ3) is 7.13. The first-order valence-electron chi connectivity index (χ1n) is 11.6. The summed E-state index contributed by atoms with van der Waals surface area (Å²) in [5.74, 6) is -4.94. The molecule has 0 aliphatic carbocycles. The van der Waals surface area contributed by atoms with Gasteiger partial charge in [0.15, 0.2) is 0 Å². The predicted molar refractivity (Wildman–Crippen MR) is 128 cm³/mol. The summed E-state index contributed by atoms with van der Waals surface area (Å²) in [7, 11) is -4.40. The van der Waals surface area contributed by atoms with Gasteiger partial charge in [-0.1, -0.05) is 6.58 Å². The summed E-state index contributed by atoms with van der Waals surface area (Å²) >= 11 is 0. The predicted octanol–water partition coefficient (Wildman–Crippen LogP) is -0.683. The molecule has 0 aromatic heterocycles. The van der Waals surface area contributed by atoms with Crippen LogP contribution in [0, 0.1) is 0 Å². The molecule has 0 radical (unpaired) electrons. The van der Waals surface area contributed by atoms with Gasteiger partial charge in [-0.25, -0.2) is 14.6 Å². The van der Waals surface area contributed by atoms with Crippen molar-refractivity contribution in [2.45, 2.75) is 70.4 Å². The smallest absolute Gasteiger partial charge is 0.342 e. The minimum Gasteiger partial charge on any atom is -0.465 e. The average molecular weight is 552 g/mol. The Morgan fingerprint density at radius 3 is 2.22 bits per heavy atom. The van der Waals surface area contributed by atoms with Crippen LogP contribution in [-0.2, 0) is 32.9 Å². The van der Waals surface area contributed by atoms with Crippen molar-refractivity contribution in [1.82, 2.24) is 25.7 Å². The van der Waals surface area contributed by atoms with Gasteiger partial charge in [0.25, 0.3) is 5.91 Å². The quantitative estimate of drug-likeness (QED) is 0.102. The van der Waals surface area contributed by atoms with Crippen molar-refractivity contribution in [2.75, 3.05) is 19.8 Å². The summed E-state index contributed by atoms with van der Waals surface area (Å²) < 4.78 is 44.7. The van der Waals surface area contributed by atoms with Gasteiger partial charge in [0.2, 0.25) is 5.79 Å². The van der Waals surface area contributed by atoms with E-state index in [-0.39, 0.29) is 19.0 Å². The molecule has 2 heterocycles. The monoisotopic (exact) mass is 551 g/mol. The van der Waals surface area contributed by atoms with E-state index in [0.717, 1.165) is 13.0 Å². The third-order valence-electron chi connectivity index (χ3n) is 5.63. The number of rotatable bonds is 12. The summed E-state index contributed by atoms with van der Waals surface area (Å²) in [5.41, 5.74) is -2.16. The van der Waals surface area contributed by atoms with Crippen LogP contribution in [0.5, 0.6) is 0 Å². The Labute approximate surface area is 214 Å². The number of carbonyl (C=O) groups is 3. The zero-order valence-electron chi connectivity index (χ0n) is 21.3. The number of halogens is 1. The Kier molecular flexibility index (Phi) is 9.99. The van der Waals surface area contributed by atoms with Gasteiger partial charge < -0.3 is 34.4 Å². The van der Waals surface area contributed by atoms with E-state index in [1.54, 1.807) is 13.8 Å². The highest BCUT2D eigenvalue weighted by atomic mass is 31.2. The lowest BCUT2D eigenvalue weighted by molar-refractivity contribution is -0.145. The number of aliphatic hydroxyl groups excluding tert-OH is 1. The first kappa shape index (κ1) is 30.8. The van der Waals surface area contributed by atoms with Crippen LogP contribution in [0.4, 0.5) is 4.39 Å². The molecule has 1 fully saturated rings. The summed E-state index contributed by atoms with van der Waals surface area (Å²) in [6.45, 7) is 9.55. The molecular weight excluding hydrogens is 516 g/mol. The second-order valence-electron chi connectivity index (χ2n) is 8.73. The van der Waals surface area contributed by atoms with Crippen LogP contribution in [0.1, 0.15) is 34.6 Å². The normalized spacial score (nSPS) is 30.9. The second-order valence-corrected chi connectivity index (χ2v) is 10.6. The van der Waals surface area contributed by atoms with Crippen molar-refractivity contribution in [2.24, 2.45) is 0 Å². The lowest BCUT2D eigenvalue weighted by atomic mass is 9.95. The van der Waals surface area contributed by atoms with Crippen LogP contribution < -0.4 is 20.8 Å². The minimum atomic E-state index is -4.40. The fourth-order valence-corrected chi connectivity index (χ4v) is 5.54. The number of carbonyl (C=O) groups excluding carboxylic acids is 3. The maximum atomic E-state index is 16.0. The zero-order valence-corrected chi connectivity index (χ0v) is 22.2. The van der Waals surface area contributed by atoms with Crippen LogP contribution in [0.3, 0.4) is 0 Å². The first-order chi connectivity index (χ1) is 17.1. The molecular formula is C21H35FN5O9P. The van der Waals surface area contributed by atoms with Gasteiger partial charge in [0.05, 0.1) is 13.2 Å². The van der Waals surface area contributed by atoms with Gasteiger partial charge in [-0.2, -0.15) is 0 Å². The number of esters is 2. The van der Waals surface area contributed by atoms with Crippen LogP contribution in [0.15, 0.2) is 24.7 Å². The molecule has 0 bridgehead atoms. The van der Waals surface area contributed by atoms with E-state index in [1.165, 1.54) is 24.9 Å². The number of hydrogen-bond donors (Lipinski definition) is 6. The van der Waals surface area contributed by atoms with Crippen LogP contribution in [0.2, 0.25) is 0 Å². The highest BCUT2D eigenvalue weighted by Gasteiger charge is 2.62. The van der Waals surface area contributed by atoms with E-state index in [1.807, 2.05) is 0 Å². The first-order valence-corrected chi connectivity index (χ1v) is 13.2. The number of nitrogens with zero attached hydrogens (tertiary/aromatic N) is 1. The molecule has 6 N–H and O–H groups in total. The van der Waals surface area contributed by atoms with Crippen molar-refractivity contribution < 1.29 is 47.5 Å². The molecule has 2 aliphatic heterocycles. The molecule has 16 heteroatoms. The molecule has 1 saturated heterocycles. The zero-order chi connectivity index (χ0) is 28.2. The Morgan fingerprint density at radius 2 is 1.76 bits per heavy atom. The molecule has 1 amide bonds. The number of amides is 1. The van der Waals surface area contributed by atoms with E-state index in [4.69, 9.17) is 14.0 Å². The molecule has 210 valence electrons. The number of hydrogen-bond acceptors (Lipinski definition) is 11. The fraction of sp³-hybridized carbons (Fsp3) is 0.667. The molecule has 2 unspecified atom stereocenters. The van der Waals surface area contributed by atoms with Crippen molar-refractivity contribution >= 4 is 25.5 Å². The summed E-state index contributed by atoms with van der Waals surface area (Å²) in [5, 5.41) is 31.2. The molecule has 0 saturated carbocycles. The summed E-state index contributed by atoms with van der Waals surface area (Å²) in [6.07, 6.45) is -1.11. The molecule has 0 aromatic carbocycles. The Morgan fingerprint density at radius 1 is 1.24 bits per heavy atom. The summed E-state index contributed by atoms with van der Waals surface area (Å²) in [4.78, 5) is 36.9. The number of alkyl halides is 1. The van der Waals surface area contributed by atoms with Gasteiger partial charge in [-0.15, -0.1) is 0 Å². The van der Waals surface area contributed by atoms with Gasteiger partial charge in [0, 0.05) is 12.3 Å². The molecule has 0 aromatic rings. The van der Waals surface area contributed by atoms with Gasteiger partial charge >= 0.3 is 19.6 Å². The lowest BCUT2D eigenvalue weighted by Crippen LogP contribution is -2.56. The van der Waals surface area contributed by atoms with Crippen LogP contribution >= 0.6 is 7.67 Å². The largest absolute Gasteiger partial charge is 0.465 e. The Balaban J connectivity index is 2.27. The molecule has 2 aliphatic rings. The van der Waals surface area contributed by atoms with E-state index < -0.39 is 67.9 Å². The van der Waals surface area contributed by atoms with Crippen molar-refractivity contribution in [3.05, 3.63) is 24.7 Å². The summed E-state index contributed by atoms with van der Waals surface area (Å²) in [6, 6.07) is -2.41. The Bertz CT molecular complexity index is 950. The molecule has 14 nitrogen and oxygen atoms in total. The lowest BCUT2D eigenvalue weighted by Gasteiger charge is -2.37. The van der Waals surface area contributed by atoms with E-state index in [0.29, 0.717) is 0 Å². The highest BCUT2D eigenvalue weighted by molar-refractivity contribution is 7.54. The fourth-order valence-electron chi connectivity index (χ4n) is 3.71. The van der Waals surface area contributed by atoms with E-state index >= 15 is 4.39 Å². The average Bonchev–Trinajstić information content (AvgIpc) is 2.98. The molecule has 37 heavy (non-hydrogen) atoms. The van der Waals surface area contributed by atoms with Crippen molar-refractivity contribution in [3.8, 4) is 0 Å². The van der Waals surface area contributed by atoms with Gasteiger partial charge in [-0.3, -0.25) is 24.3 Å². The van der Waals surface area contributed by atoms with Gasteiger partial charge in [-0.05, 0) is 34.6 Å². The molecule has 2 rings (SSSR count). The maximum Gasteiger partial charge on any atom is 0.342 e. The number of nitrogens with one attached hydrogen (secondary N) is 4. The minimum absolute atomic E-state index is 0.00294. The molecule has 6 atom stereocenters. The Hall–Kier alpha value is -2.39. The molecule has 0 spiro atoms. The second kappa shape index (κ2) is 12.0. The highest BCUT2D eigenvalue weighted by Crippen LogP contribution is 2.44. The van der Waals surface area contributed by atoms with Crippen LogP contribution in [-0.4, -0.2) is 88.5 Å². The third-order valence-corrected chi connectivity index (χ3v) is 7.57.